The number of ether oxygens (including phenoxy) is 4. The Bertz CT molecular complexity index is 1100. The lowest BCUT2D eigenvalue weighted by atomic mass is 9.75. The van der Waals surface area contributed by atoms with Gasteiger partial charge in [-0.25, -0.2) is 8.78 Å². The van der Waals surface area contributed by atoms with Crippen LogP contribution in [0.4, 0.5) is 8.78 Å². The quantitative estimate of drug-likeness (QED) is 0.321. The Morgan fingerprint density at radius 3 is 2.50 bits per heavy atom. The molecule has 0 spiro atoms. The van der Waals surface area contributed by atoms with Crippen molar-refractivity contribution in [2.24, 2.45) is 5.92 Å². The minimum atomic E-state index is -1.05. The fourth-order valence-electron chi connectivity index (χ4n) is 5.65. The molecule has 2 aliphatic rings. The molecule has 2 fully saturated rings. The molecule has 9 heteroatoms. The standard InChI is InChI=1S/C31H42F2N2O5/c1-4-40-31(24-7-10-28(32)29(33)19-24)11-12-34-20-27(31)30(36)35(25-8-9-25)21-23-16-22(6-5-13-37-2)17-26(18-23)39-15-14-38-3/h7,10,16-19,25,27,34H,4-6,8-9,11-15,20-21H2,1-3H3. The first-order chi connectivity index (χ1) is 19.4. The minimum absolute atomic E-state index is 0.0421. The maximum Gasteiger partial charge on any atom is 0.230 e. The lowest BCUT2D eigenvalue weighted by Crippen LogP contribution is -2.56. The number of hydrogen-bond acceptors (Lipinski definition) is 6. The van der Waals surface area contributed by atoms with Gasteiger partial charge in [0.1, 0.15) is 18.0 Å². The first kappa shape index (κ1) is 30.4. The lowest BCUT2D eigenvalue weighted by molar-refractivity contribution is -0.159. The lowest BCUT2D eigenvalue weighted by Gasteiger charge is -2.45. The van der Waals surface area contributed by atoms with Crippen molar-refractivity contribution in [3.8, 4) is 5.75 Å². The molecule has 0 radical (unpaired) electrons. The maximum atomic E-state index is 14.4. The highest BCUT2D eigenvalue weighted by Gasteiger charge is 2.50. The summed E-state index contributed by atoms with van der Waals surface area (Å²) < 4.78 is 50.9. The number of methoxy groups -OCH3 is 2. The van der Waals surface area contributed by atoms with Crippen LogP contribution in [0, 0.1) is 17.6 Å². The van der Waals surface area contributed by atoms with Crippen LogP contribution in [0.5, 0.6) is 5.75 Å². The first-order valence-electron chi connectivity index (χ1n) is 14.3. The number of nitrogens with zero attached hydrogens (tertiary/aromatic N) is 1. The van der Waals surface area contributed by atoms with Crippen molar-refractivity contribution in [2.75, 3.05) is 53.7 Å². The molecular formula is C31H42F2N2O5. The highest BCUT2D eigenvalue weighted by atomic mass is 19.2. The molecule has 1 amide bonds. The fourth-order valence-corrected chi connectivity index (χ4v) is 5.65. The van der Waals surface area contributed by atoms with E-state index < -0.39 is 23.2 Å². The average Bonchev–Trinajstić information content (AvgIpc) is 3.79. The van der Waals surface area contributed by atoms with Crippen LogP contribution < -0.4 is 10.1 Å². The molecule has 0 bridgehead atoms. The SMILES string of the molecule is CCOC1(c2ccc(F)c(F)c2)CCNCC1C(=O)N(Cc1cc(CCCOC)cc(OCCOC)c1)C1CC1. The Balaban J connectivity index is 1.63. The largest absolute Gasteiger partial charge is 0.491 e. The van der Waals surface area contributed by atoms with E-state index in [2.05, 4.69) is 11.4 Å². The van der Waals surface area contributed by atoms with Gasteiger partial charge in [-0.1, -0.05) is 12.1 Å². The Morgan fingerprint density at radius 2 is 1.80 bits per heavy atom. The van der Waals surface area contributed by atoms with Crippen LogP contribution in [0.1, 0.15) is 49.3 Å². The number of aryl methyl sites for hydroxylation is 1. The van der Waals surface area contributed by atoms with Crippen LogP contribution >= 0.6 is 0 Å². The van der Waals surface area contributed by atoms with E-state index in [-0.39, 0.29) is 11.9 Å². The normalized spacial score (nSPS) is 20.9. The molecule has 7 nitrogen and oxygen atoms in total. The zero-order valence-corrected chi connectivity index (χ0v) is 23.8. The molecule has 1 aliphatic carbocycles. The van der Waals surface area contributed by atoms with Gasteiger partial charge in [0, 0.05) is 46.6 Å². The van der Waals surface area contributed by atoms with Gasteiger partial charge >= 0.3 is 0 Å². The van der Waals surface area contributed by atoms with Crippen molar-refractivity contribution in [3.05, 3.63) is 64.7 Å². The Labute approximate surface area is 236 Å². The van der Waals surface area contributed by atoms with Gasteiger partial charge in [-0.15, -0.1) is 0 Å². The Morgan fingerprint density at radius 1 is 1.02 bits per heavy atom. The average molecular weight is 561 g/mol. The number of halogens is 2. The number of nitrogens with one attached hydrogen (secondary N) is 1. The second kappa shape index (κ2) is 14.3. The third kappa shape index (κ3) is 7.37. The van der Waals surface area contributed by atoms with Gasteiger partial charge in [-0.3, -0.25) is 4.79 Å². The van der Waals surface area contributed by atoms with Crippen LogP contribution in [-0.4, -0.2) is 70.6 Å². The highest BCUT2D eigenvalue weighted by Crippen LogP contribution is 2.42. The zero-order chi connectivity index (χ0) is 28.5. The highest BCUT2D eigenvalue weighted by molar-refractivity contribution is 5.81. The Hall–Kier alpha value is -2.59. The molecule has 2 aromatic carbocycles. The van der Waals surface area contributed by atoms with E-state index in [9.17, 15) is 13.6 Å². The van der Waals surface area contributed by atoms with Gasteiger partial charge in [0.05, 0.1) is 12.5 Å². The van der Waals surface area contributed by atoms with E-state index in [0.717, 1.165) is 48.6 Å². The first-order valence-corrected chi connectivity index (χ1v) is 14.3. The van der Waals surface area contributed by atoms with Gasteiger partial charge < -0.3 is 29.2 Å². The third-order valence-electron chi connectivity index (χ3n) is 7.71. The van der Waals surface area contributed by atoms with E-state index in [0.29, 0.717) is 58.0 Å². The second-order valence-corrected chi connectivity index (χ2v) is 10.6. The molecule has 2 atom stereocenters. The van der Waals surface area contributed by atoms with Crippen molar-refractivity contribution in [2.45, 2.75) is 57.2 Å². The van der Waals surface area contributed by atoms with Crippen LogP contribution in [-0.2, 0) is 37.6 Å². The van der Waals surface area contributed by atoms with E-state index in [4.69, 9.17) is 18.9 Å². The predicted molar refractivity (Wildman–Crippen MR) is 148 cm³/mol. The minimum Gasteiger partial charge on any atom is -0.491 e. The van der Waals surface area contributed by atoms with E-state index in [1.165, 1.54) is 6.07 Å². The number of piperidine rings is 1. The van der Waals surface area contributed by atoms with Crippen molar-refractivity contribution in [1.82, 2.24) is 10.2 Å². The van der Waals surface area contributed by atoms with Crippen LogP contribution in [0.2, 0.25) is 0 Å². The van der Waals surface area contributed by atoms with Gasteiger partial charge in [0.15, 0.2) is 11.6 Å². The zero-order valence-electron chi connectivity index (χ0n) is 23.8. The number of carbonyl (C=O) groups is 1. The van der Waals surface area contributed by atoms with Crippen molar-refractivity contribution in [3.63, 3.8) is 0 Å². The third-order valence-corrected chi connectivity index (χ3v) is 7.71. The molecule has 1 N–H and O–H groups in total. The predicted octanol–water partition coefficient (Wildman–Crippen LogP) is 4.60. The molecule has 0 aromatic heterocycles. The van der Waals surface area contributed by atoms with Gasteiger partial charge in [-0.05, 0) is 86.5 Å². The number of hydrogen-bond donors (Lipinski definition) is 1. The van der Waals surface area contributed by atoms with Crippen molar-refractivity contribution >= 4 is 5.91 Å². The second-order valence-electron chi connectivity index (χ2n) is 10.6. The van der Waals surface area contributed by atoms with E-state index in [1.807, 2.05) is 24.0 Å². The molecule has 2 aromatic rings. The number of benzene rings is 2. The molecule has 1 saturated heterocycles. The molecule has 220 valence electrons. The molecule has 2 unspecified atom stereocenters. The summed E-state index contributed by atoms with van der Waals surface area (Å²) in [7, 11) is 3.33. The number of amides is 1. The summed E-state index contributed by atoms with van der Waals surface area (Å²) in [5, 5.41) is 3.34. The summed E-state index contributed by atoms with van der Waals surface area (Å²) in [6, 6.07) is 10.1. The molecule has 1 saturated carbocycles. The van der Waals surface area contributed by atoms with Gasteiger partial charge in [-0.2, -0.15) is 0 Å². The van der Waals surface area contributed by atoms with Gasteiger partial charge in [0.25, 0.3) is 0 Å². The van der Waals surface area contributed by atoms with Crippen molar-refractivity contribution in [1.29, 1.82) is 0 Å². The summed E-state index contributed by atoms with van der Waals surface area (Å²) in [5.74, 6) is -1.74. The van der Waals surface area contributed by atoms with Crippen LogP contribution in [0.3, 0.4) is 0 Å². The van der Waals surface area contributed by atoms with Gasteiger partial charge in [0.2, 0.25) is 5.91 Å². The molecule has 1 heterocycles. The van der Waals surface area contributed by atoms with E-state index >= 15 is 0 Å². The summed E-state index contributed by atoms with van der Waals surface area (Å²) in [6.07, 6.45) is 4.05. The molecular weight excluding hydrogens is 518 g/mol. The molecule has 4 rings (SSSR count). The fraction of sp³-hybridized carbons (Fsp3) is 0.581. The monoisotopic (exact) mass is 560 g/mol. The maximum absolute atomic E-state index is 14.4. The topological polar surface area (TPSA) is 69.3 Å². The number of carbonyl (C=O) groups excluding carboxylic acids is 1. The Kier molecular flexibility index (Phi) is 10.9. The van der Waals surface area contributed by atoms with Crippen LogP contribution in [0.15, 0.2) is 36.4 Å². The van der Waals surface area contributed by atoms with Crippen molar-refractivity contribution < 1.29 is 32.5 Å². The summed E-state index contributed by atoms with van der Waals surface area (Å²) in [6.45, 7) is 5.21. The smallest absolute Gasteiger partial charge is 0.230 e. The summed E-state index contributed by atoms with van der Waals surface area (Å²) in [5.41, 5.74) is 1.56. The molecule has 40 heavy (non-hydrogen) atoms. The molecule has 1 aliphatic heterocycles. The van der Waals surface area contributed by atoms with E-state index in [1.54, 1.807) is 20.3 Å². The van der Waals surface area contributed by atoms with Crippen LogP contribution in [0.25, 0.3) is 0 Å². The summed E-state index contributed by atoms with van der Waals surface area (Å²) >= 11 is 0. The number of rotatable bonds is 15. The summed E-state index contributed by atoms with van der Waals surface area (Å²) in [4.78, 5) is 16.3.